The second-order valence-electron chi connectivity index (χ2n) is 7.01. The molecule has 1 N–H and O–H groups in total. The summed E-state index contributed by atoms with van der Waals surface area (Å²) in [7, 11) is 0. The SMILES string of the molecule is CC[C@H](C)NC(=O)[C@@H](C)N(Cc1ccc(F)cc1)C(=O)COc1ccc(Cl)cc1Cl. The maximum atomic E-state index is 13.2. The third-order valence-electron chi connectivity index (χ3n) is 4.68. The minimum atomic E-state index is -0.749. The second-order valence-corrected chi connectivity index (χ2v) is 7.85. The van der Waals surface area contributed by atoms with Crippen molar-refractivity contribution >= 4 is 35.0 Å². The van der Waals surface area contributed by atoms with Crippen molar-refractivity contribution in [2.24, 2.45) is 0 Å². The number of ether oxygens (including phenoxy) is 1. The second kappa shape index (κ2) is 11.2. The smallest absolute Gasteiger partial charge is 0.261 e. The topological polar surface area (TPSA) is 58.6 Å². The summed E-state index contributed by atoms with van der Waals surface area (Å²) in [6.45, 7) is 5.31. The minimum absolute atomic E-state index is 0.0214. The average Bonchev–Trinajstić information content (AvgIpc) is 2.71. The van der Waals surface area contributed by atoms with E-state index in [4.69, 9.17) is 27.9 Å². The minimum Gasteiger partial charge on any atom is -0.482 e. The summed E-state index contributed by atoms with van der Waals surface area (Å²) in [5.74, 6) is -0.741. The van der Waals surface area contributed by atoms with Crippen molar-refractivity contribution in [3.63, 3.8) is 0 Å². The zero-order valence-electron chi connectivity index (χ0n) is 17.1. The van der Waals surface area contributed by atoms with Gasteiger partial charge in [-0.1, -0.05) is 42.3 Å². The molecule has 2 rings (SSSR count). The number of carbonyl (C=O) groups is 2. The van der Waals surface area contributed by atoms with Gasteiger partial charge in [-0.25, -0.2) is 4.39 Å². The average molecular weight is 455 g/mol. The molecule has 0 saturated carbocycles. The Balaban J connectivity index is 2.16. The van der Waals surface area contributed by atoms with E-state index in [-0.39, 0.29) is 35.9 Å². The van der Waals surface area contributed by atoms with Crippen molar-refractivity contribution in [2.45, 2.75) is 45.8 Å². The fourth-order valence-corrected chi connectivity index (χ4v) is 3.11. The summed E-state index contributed by atoms with van der Waals surface area (Å²) in [5, 5.41) is 3.61. The van der Waals surface area contributed by atoms with Crippen molar-refractivity contribution < 1.29 is 18.7 Å². The number of hydrogen-bond acceptors (Lipinski definition) is 3. The highest BCUT2D eigenvalue weighted by Gasteiger charge is 2.27. The van der Waals surface area contributed by atoms with Gasteiger partial charge in [-0.05, 0) is 56.2 Å². The largest absolute Gasteiger partial charge is 0.482 e. The predicted molar refractivity (Wildman–Crippen MR) is 116 cm³/mol. The summed E-state index contributed by atoms with van der Waals surface area (Å²) in [6, 6.07) is 9.69. The van der Waals surface area contributed by atoms with Crippen molar-refractivity contribution in [1.29, 1.82) is 0 Å². The van der Waals surface area contributed by atoms with Crippen LogP contribution in [0.25, 0.3) is 0 Å². The van der Waals surface area contributed by atoms with Gasteiger partial charge in [-0.2, -0.15) is 0 Å². The van der Waals surface area contributed by atoms with E-state index in [9.17, 15) is 14.0 Å². The van der Waals surface area contributed by atoms with Gasteiger partial charge in [0.2, 0.25) is 5.91 Å². The molecule has 2 atom stereocenters. The van der Waals surface area contributed by atoms with Gasteiger partial charge in [-0.3, -0.25) is 9.59 Å². The molecule has 0 spiro atoms. The first-order chi connectivity index (χ1) is 14.2. The normalized spacial score (nSPS) is 12.7. The molecule has 162 valence electrons. The van der Waals surface area contributed by atoms with E-state index >= 15 is 0 Å². The van der Waals surface area contributed by atoms with E-state index in [0.717, 1.165) is 6.42 Å². The van der Waals surface area contributed by atoms with E-state index in [1.165, 1.54) is 23.1 Å². The third-order valence-corrected chi connectivity index (χ3v) is 5.21. The van der Waals surface area contributed by atoms with Crippen LogP contribution in [0.15, 0.2) is 42.5 Å². The lowest BCUT2D eigenvalue weighted by Gasteiger charge is -2.29. The van der Waals surface area contributed by atoms with E-state index in [2.05, 4.69) is 5.32 Å². The van der Waals surface area contributed by atoms with E-state index in [1.807, 2.05) is 13.8 Å². The Hall–Kier alpha value is -2.31. The molecule has 0 radical (unpaired) electrons. The Morgan fingerprint density at radius 1 is 1.13 bits per heavy atom. The van der Waals surface area contributed by atoms with Crippen molar-refractivity contribution in [1.82, 2.24) is 10.2 Å². The number of carbonyl (C=O) groups excluding carboxylic acids is 2. The molecule has 0 saturated heterocycles. The first kappa shape index (κ1) is 24.0. The number of amides is 2. The van der Waals surface area contributed by atoms with E-state index in [0.29, 0.717) is 16.3 Å². The van der Waals surface area contributed by atoms with E-state index < -0.39 is 11.9 Å². The number of hydrogen-bond donors (Lipinski definition) is 1. The Bertz CT molecular complexity index is 877. The van der Waals surface area contributed by atoms with Crippen molar-refractivity contribution in [2.75, 3.05) is 6.61 Å². The summed E-state index contributed by atoms with van der Waals surface area (Å²) >= 11 is 12.0. The highest BCUT2D eigenvalue weighted by atomic mass is 35.5. The van der Waals surface area contributed by atoms with Gasteiger partial charge in [0.05, 0.1) is 5.02 Å². The molecule has 0 aromatic heterocycles. The van der Waals surface area contributed by atoms with Gasteiger partial charge >= 0.3 is 0 Å². The Kier molecular flexibility index (Phi) is 8.93. The van der Waals surface area contributed by atoms with Crippen LogP contribution >= 0.6 is 23.2 Å². The first-order valence-electron chi connectivity index (χ1n) is 9.63. The maximum absolute atomic E-state index is 13.2. The molecule has 0 unspecified atom stereocenters. The van der Waals surface area contributed by atoms with Crippen LogP contribution in [0.1, 0.15) is 32.8 Å². The van der Waals surface area contributed by atoms with Crippen LogP contribution in [0.3, 0.4) is 0 Å². The summed E-state index contributed by atoms with van der Waals surface area (Å²) in [6.07, 6.45) is 0.766. The number of nitrogens with zero attached hydrogens (tertiary/aromatic N) is 1. The lowest BCUT2D eigenvalue weighted by atomic mass is 10.1. The molecule has 2 aromatic rings. The quantitative estimate of drug-likeness (QED) is 0.589. The van der Waals surface area contributed by atoms with Gasteiger partial charge < -0.3 is 15.0 Å². The lowest BCUT2D eigenvalue weighted by Crippen LogP contribution is -2.50. The molecule has 8 heteroatoms. The lowest BCUT2D eigenvalue weighted by molar-refractivity contribution is -0.142. The molecular weight excluding hydrogens is 430 g/mol. The summed E-state index contributed by atoms with van der Waals surface area (Å²) in [4.78, 5) is 27.0. The number of halogens is 3. The van der Waals surface area contributed by atoms with Crippen LogP contribution in [0.4, 0.5) is 4.39 Å². The Morgan fingerprint density at radius 3 is 2.40 bits per heavy atom. The number of nitrogens with one attached hydrogen (secondary N) is 1. The monoisotopic (exact) mass is 454 g/mol. The van der Waals surface area contributed by atoms with Crippen LogP contribution < -0.4 is 10.1 Å². The van der Waals surface area contributed by atoms with Crippen LogP contribution in [-0.2, 0) is 16.1 Å². The molecule has 0 bridgehead atoms. The van der Waals surface area contributed by atoms with Crippen molar-refractivity contribution in [3.05, 3.63) is 63.9 Å². The van der Waals surface area contributed by atoms with Gasteiger partial charge in [0.25, 0.3) is 5.91 Å². The highest BCUT2D eigenvalue weighted by Crippen LogP contribution is 2.27. The summed E-state index contributed by atoms with van der Waals surface area (Å²) < 4.78 is 18.8. The van der Waals surface area contributed by atoms with Gasteiger partial charge in [0, 0.05) is 17.6 Å². The number of benzene rings is 2. The molecule has 2 aromatic carbocycles. The van der Waals surface area contributed by atoms with Gasteiger partial charge in [0.15, 0.2) is 6.61 Å². The molecule has 0 aliphatic rings. The maximum Gasteiger partial charge on any atom is 0.261 e. The van der Waals surface area contributed by atoms with Gasteiger partial charge in [-0.15, -0.1) is 0 Å². The third kappa shape index (κ3) is 6.89. The van der Waals surface area contributed by atoms with E-state index in [1.54, 1.807) is 31.2 Å². The van der Waals surface area contributed by atoms with Gasteiger partial charge in [0.1, 0.15) is 17.6 Å². The molecule has 0 heterocycles. The fourth-order valence-electron chi connectivity index (χ4n) is 2.65. The molecule has 5 nitrogen and oxygen atoms in total. The van der Waals surface area contributed by atoms with Crippen LogP contribution in [0.5, 0.6) is 5.75 Å². The molecule has 0 fully saturated rings. The van der Waals surface area contributed by atoms with Crippen LogP contribution in [0, 0.1) is 5.82 Å². The summed E-state index contributed by atoms with van der Waals surface area (Å²) in [5.41, 5.74) is 0.692. The molecule has 0 aliphatic carbocycles. The highest BCUT2D eigenvalue weighted by molar-refractivity contribution is 6.35. The molecule has 2 amide bonds. The van der Waals surface area contributed by atoms with Crippen LogP contribution in [0.2, 0.25) is 10.0 Å². The predicted octanol–water partition coefficient (Wildman–Crippen LogP) is 4.84. The molecule has 30 heavy (non-hydrogen) atoms. The number of rotatable bonds is 9. The molecule has 0 aliphatic heterocycles. The molecular formula is C22H25Cl2FN2O3. The Morgan fingerprint density at radius 2 is 1.80 bits per heavy atom. The van der Waals surface area contributed by atoms with Crippen molar-refractivity contribution in [3.8, 4) is 5.75 Å². The Labute approximate surface area is 186 Å². The first-order valence-corrected chi connectivity index (χ1v) is 10.4. The standard InChI is InChI=1S/C22H25Cl2FN2O3/c1-4-14(2)26-22(29)15(3)27(12-16-5-8-18(25)9-6-16)21(28)13-30-20-10-7-17(23)11-19(20)24/h5-11,14-15H,4,12-13H2,1-3H3,(H,26,29)/t14-,15+/m0/s1. The zero-order chi connectivity index (χ0) is 22.3. The zero-order valence-corrected chi connectivity index (χ0v) is 18.6. The fraction of sp³-hybridized carbons (Fsp3) is 0.364. The van der Waals surface area contributed by atoms with Crippen LogP contribution in [-0.4, -0.2) is 35.4 Å².